The van der Waals surface area contributed by atoms with Crippen LogP contribution in [0.5, 0.6) is 5.75 Å². The maximum absolute atomic E-state index is 13.0. The summed E-state index contributed by atoms with van der Waals surface area (Å²) in [5.41, 5.74) is -1.86. The van der Waals surface area contributed by atoms with Gasteiger partial charge in [-0.25, -0.2) is 9.78 Å². The maximum Gasteiger partial charge on any atom is 0.417 e. The zero-order valence-corrected chi connectivity index (χ0v) is 18.3. The molecule has 3 aromatic heterocycles. The van der Waals surface area contributed by atoms with Gasteiger partial charge in [0.05, 0.1) is 15.6 Å². The molecule has 4 aromatic rings. The van der Waals surface area contributed by atoms with Gasteiger partial charge in [0, 0.05) is 18.0 Å². The van der Waals surface area contributed by atoms with E-state index >= 15 is 0 Å². The molecule has 0 saturated heterocycles. The first-order valence-electron chi connectivity index (χ1n) is 9.17. The SMILES string of the molecule is CC(C)(Oc1ccc(-c2noc(-c3cn4cc(C(F)(F)F)cc(Cl)c4n3)n2)c(Cl)c1)C(=O)O. The molecule has 0 aliphatic rings. The van der Waals surface area contributed by atoms with E-state index in [2.05, 4.69) is 15.1 Å². The molecule has 0 atom stereocenters. The average molecular weight is 501 g/mol. The number of carbonyl (C=O) groups is 1. The number of benzene rings is 1. The Hall–Kier alpha value is -3.31. The average Bonchev–Trinajstić information content (AvgIpc) is 3.34. The van der Waals surface area contributed by atoms with Crippen LogP contribution in [0.1, 0.15) is 19.4 Å². The van der Waals surface area contributed by atoms with E-state index in [1.165, 1.54) is 38.2 Å². The highest BCUT2D eigenvalue weighted by molar-refractivity contribution is 6.33. The van der Waals surface area contributed by atoms with Crippen LogP contribution < -0.4 is 4.74 Å². The molecule has 33 heavy (non-hydrogen) atoms. The molecule has 0 fully saturated rings. The second-order valence-corrected chi connectivity index (χ2v) is 8.23. The Labute approximate surface area is 193 Å². The highest BCUT2D eigenvalue weighted by Crippen LogP contribution is 2.34. The van der Waals surface area contributed by atoms with Gasteiger partial charge in [0.25, 0.3) is 5.89 Å². The van der Waals surface area contributed by atoms with E-state index in [0.717, 1.165) is 16.7 Å². The van der Waals surface area contributed by atoms with E-state index in [1.54, 1.807) is 0 Å². The molecule has 1 N–H and O–H groups in total. The summed E-state index contributed by atoms with van der Waals surface area (Å²) >= 11 is 12.2. The highest BCUT2D eigenvalue weighted by atomic mass is 35.5. The smallest absolute Gasteiger partial charge is 0.417 e. The fourth-order valence-electron chi connectivity index (χ4n) is 2.83. The summed E-state index contributed by atoms with van der Waals surface area (Å²) in [5.74, 6) is -0.921. The molecule has 8 nitrogen and oxygen atoms in total. The number of aliphatic carboxylic acids is 1. The molecule has 4 rings (SSSR count). The molecule has 1 aromatic carbocycles. The summed E-state index contributed by atoms with van der Waals surface area (Å²) in [6.45, 7) is 2.78. The molecule has 0 unspecified atom stereocenters. The van der Waals surface area contributed by atoms with E-state index in [0.29, 0.717) is 5.56 Å². The van der Waals surface area contributed by atoms with Crippen molar-refractivity contribution in [2.75, 3.05) is 0 Å². The third-order valence-corrected chi connectivity index (χ3v) is 5.14. The fraction of sp³-hybridized carbons (Fsp3) is 0.200. The summed E-state index contributed by atoms with van der Waals surface area (Å²) in [6.07, 6.45) is -2.45. The number of nitrogens with zero attached hydrogens (tertiary/aromatic N) is 4. The van der Waals surface area contributed by atoms with Crippen LogP contribution in [0.25, 0.3) is 28.6 Å². The van der Waals surface area contributed by atoms with Crippen LogP contribution in [0.15, 0.2) is 41.2 Å². The van der Waals surface area contributed by atoms with Crippen molar-refractivity contribution in [2.45, 2.75) is 25.6 Å². The molecule has 0 aliphatic carbocycles. The van der Waals surface area contributed by atoms with Gasteiger partial charge < -0.3 is 18.8 Å². The van der Waals surface area contributed by atoms with Crippen LogP contribution in [0, 0.1) is 0 Å². The first-order valence-corrected chi connectivity index (χ1v) is 9.92. The summed E-state index contributed by atoms with van der Waals surface area (Å²) in [4.78, 5) is 19.6. The molecule has 172 valence electrons. The molecule has 0 radical (unpaired) electrons. The van der Waals surface area contributed by atoms with Crippen LogP contribution in [-0.2, 0) is 11.0 Å². The fourth-order valence-corrected chi connectivity index (χ4v) is 3.34. The zero-order valence-electron chi connectivity index (χ0n) is 16.8. The molecule has 0 saturated carbocycles. The molecule has 0 spiro atoms. The predicted octanol–water partition coefficient (Wildman–Crippen LogP) is 5.62. The van der Waals surface area contributed by atoms with E-state index in [4.69, 9.17) is 32.5 Å². The summed E-state index contributed by atoms with van der Waals surface area (Å²) in [5, 5.41) is 13.0. The first kappa shape index (κ1) is 22.9. The Morgan fingerprint density at radius 1 is 1.12 bits per heavy atom. The molecule has 0 aliphatic heterocycles. The van der Waals surface area contributed by atoms with Gasteiger partial charge in [-0.1, -0.05) is 28.4 Å². The predicted molar refractivity (Wildman–Crippen MR) is 111 cm³/mol. The van der Waals surface area contributed by atoms with Gasteiger partial charge in [0.1, 0.15) is 11.4 Å². The van der Waals surface area contributed by atoms with Crippen molar-refractivity contribution in [1.29, 1.82) is 0 Å². The Kier molecular flexibility index (Phi) is 5.49. The minimum atomic E-state index is -4.58. The number of rotatable bonds is 5. The third-order valence-electron chi connectivity index (χ3n) is 4.55. The Bertz CT molecular complexity index is 1380. The lowest BCUT2D eigenvalue weighted by molar-refractivity contribution is -0.152. The number of imidazole rings is 1. The number of halogens is 5. The highest BCUT2D eigenvalue weighted by Gasteiger charge is 2.32. The van der Waals surface area contributed by atoms with Crippen molar-refractivity contribution in [3.05, 3.63) is 52.3 Å². The standard InChI is InChI=1S/C20H13Cl2F3N4O4/c1-19(2,18(30)31)32-10-3-4-11(12(21)6-10)15-27-17(33-28-15)14-8-29-7-9(20(23,24)25)5-13(22)16(29)26-14/h3-8H,1-2H3,(H,30,31). The van der Waals surface area contributed by atoms with Crippen molar-refractivity contribution in [3.8, 4) is 28.7 Å². The lowest BCUT2D eigenvalue weighted by atomic mass is 10.1. The van der Waals surface area contributed by atoms with E-state index in [9.17, 15) is 23.1 Å². The van der Waals surface area contributed by atoms with Gasteiger partial charge in [-0.15, -0.1) is 0 Å². The number of carboxylic acid groups (broad SMARTS) is 1. The van der Waals surface area contributed by atoms with Gasteiger partial charge in [0.15, 0.2) is 11.2 Å². The molecule has 0 bridgehead atoms. The lowest BCUT2D eigenvalue weighted by Crippen LogP contribution is -2.37. The zero-order chi connectivity index (χ0) is 24.1. The number of alkyl halides is 3. The van der Waals surface area contributed by atoms with Gasteiger partial charge in [0.2, 0.25) is 5.82 Å². The second kappa shape index (κ2) is 7.92. The van der Waals surface area contributed by atoms with Crippen molar-refractivity contribution < 1.29 is 32.3 Å². The van der Waals surface area contributed by atoms with Crippen molar-refractivity contribution in [1.82, 2.24) is 19.5 Å². The minimum Gasteiger partial charge on any atom is -0.478 e. The summed E-state index contributed by atoms with van der Waals surface area (Å²) in [7, 11) is 0. The van der Waals surface area contributed by atoms with Gasteiger partial charge >= 0.3 is 12.1 Å². The monoisotopic (exact) mass is 500 g/mol. The lowest BCUT2D eigenvalue weighted by Gasteiger charge is -2.21. The Balaban J connectivity index is 1.65. The van der Waals surface area contributed by atoms with Gasteiger partial charge in [-0.3, -0.25) is 0 Å². The van der Waals surface area contributed by atoms with Gasteiger partial charge in [-0.05, 0) is 38.1 Å². The van der Waals surface area contributed by atoms with Crippen LogP contribution in [0.3, 0.4) is 0 Å². The number of aromatic nitrogens is 4. The molecule has 0 amide bonds. The normalized spacial score (nSPS) is 12.3. The van der Waals surface area contributed by atoms with Crippen molar-refractivity contribution in [2.24, 2.45) is 0 Å². The van der Waals surface area contributed by atoms with E-state index in [-0.39, 0.29) is 38.9 Å². The molecule has 13 heteroatoms. The minimum absolute atomic E-state index is 0.0678. The molecular weight excluding hydrogens is 488 g/mol. The Morgan fingerprint density at radius 3 is 2.48 bits per heavy atom. The third kappa shape index (κ3) is 4.46. The topological polar surface area (TPSA) is 103 Å². The number of fused-ring (bicyclic) bond motifs is 1. The number of hydrogen-bond donors (Lipinski definition) is 1. The number of hydrogen-bond acceptors (Lipinski definition) is 6. The number of pyridine rings is 1. The van der Waals surface area contributed by atoms with Crippen LogP contribution in [0.4, 0.5) is 13.2 Å². The summed E-state index contributed by atoms with van der Waals surface area (Å²) < 4.78 is 50.8. The Morgan fingerprint density at radius 2 is 1.85 bits per heavy atom. The van der Waals surface area contributed by atoms with Gasteiger partial charge in [-0.2, -0.15) is 18.2 Å². The first-order chi connectivity index (χ1) is 15.3. The van der Waals surface area contributed by atoms with Crippen molar-refractivity contribution in [3.63, 3.8) is 0 Å². The van der Waals surface area contributed by atoms with E-state index in [1.807, 2.05) is 0 Å². The maximum atomic E-state index is 13.0. The quantitative estimate of drug-likeness (QED) is 0.379. The second-order valence-electron chi connectivity index (χ2n) is 7.41. The molecular formula is C20H13Cl2F3N4O4. The van der Waals surface area contributed by atoms with Crippen LogP contribution >= 0.6 is 23.2 Å². The van der Waals surface area contributed by atoms with E-state index < -0.39 is 23.3 Å². The number of ether oxygens (including phenoxy) is 1. The van der Waals surface area contributed by atoms with Crippen molar-refractivity contribution >= 4 is 34.8 Å². The number of carboxylic acids is 1. The molecule has 3 heterocycles. The summed E-state index contributed by atoms with van der Waals surface area (Å²) in [6, 6.07) is 5.19. The van der Waals surface area contributed by atoms with Crippen LogP contribution in [-0.4, -0.2) is 36.2 Å². The van der Waals surface area contributed by atoms with Crippen LogP contribution in [0.2, 0.25) is 10.0 Å². The largest absolute Gasteiger partial charge is 0.478 e.